The Bertz CT molecular complexity index is 5080. The van der Waals surface area contributed by atoms with Gasteiger partial charge in [-0.2, -0.15) is 10.2 Å². The lowest BCUT2D eigenvalue weighted by atomic mass is 9.72. The molecule has 14 N–H and O–H groups in total. The van der Waals surface area contributed by atoms with Crippen molar-refractivity contribution in [2.45, 2.75) is 258 Å². The molecule has 36 heteroatoms. The molecular weight excluding hydrogens is 1690 g/mol. The van der Waals surface area contributed by atoms with Crippen molar-refractivity contribution in [2.75, 3.05) is 67.5 Å². The van der Waals surface area contributed by atoms with Gasteiger partial charge in [0.05, 0.1) is 59.4 Å². The van der Waals surface area contributed by atoms with Crippen LogP contribution in [0.1, 0.15) is 234 Å². The van der Waals surface area contributed by atoms with Crippen molar-refractivity contribution in [3.63, 3.8) is 0 Å². The number of azo groups is 1. The molecular formula is C97H136N24O12. The van der Waals surface area contributed by atoms with Crippen LogP contribution in [0.4, 0.5) is 0 Å². The number of carbonyl (C=O) groups excluding carboxylic acids is 12. The van der Waals surface area contributed by atoms with Crippen molar-refractivity contribution >= 4 is 70.9 Å². The molecule has 133 heavy (non-hydrogen) atoms. The van der Waals surface area contributed by atoms with Crippen molar-refractivity contribution in [2.24, 2.45) is 44.0 Å². The smallest absolute Gasteiger partial charge is 0.251 e. The molecule has 3 saturated heterocycles. The molecule has 5 heterocycles. The van der Waals surface area contributed by atoms with Gasteiger partial charge in [-0.05, 0) is 173 Å². The van der Waals surface area contributed by atoms with Crippen molar-refractivity contribution in [3.05, 3.63) is 177 Å². The summed E-state index contributed by atoms with van der Waals surface area (Å²) >= 11 is 0. The van der Waals surface area contributed by atoms with Gasteiger partial charge >= 0.3 is 0 Å². The minimum atomic E-state index is -1.07. The number of benzene rings is 4. The van der Waals surface area contributed by atoms with Crippen molar-refractivity contribution < 1.29 is 57.5 Å². The summed E-state index contributed by atoms with van der Waals surface area (Å²) in [5.41, 5.74) is 11.9. The molecule has 0 saturated carbocycles. The van der Waals surface area contributed by atoms with E-state index in [-0.39, 0.29) is 130 Å². The van der Waals surface area contributed by atoms with Crippen molar-refractivity contribution in [1.29, 1.82) is 0 Å². The number of rotatable bonds is 35. The van der Waals surface area contributed by atoms with E-state index in [1.807, 2.05) is 111 Å². The highest BCUT2D eigenvalue weighted by Crippen LogP contribution is 2.42. The Morgan fingerprint density at radius 1 is 0.504 bits per heavy atom. The molecule has 2 unspecified atom stereocenters. The van der Waals surface area contributed by atoms with Crippen molar-refractivity contribution in [3.8, 4) is 0 Å². The third kappa shape index (κ3) is 24.3. The monoisotopic (exact) mass is 1830 g/mol. The molecule has 36 nitrogen and oxygen atoms in total. The van der Waals surface area contributed by atoms with Gasteiger partial charge in [0.25, 0.3) is 17.7 Å². The molecule has 16 atom stereocenters. The summed E-state index contributed by atoms with van der Waals surface area (Å²) in [6.45, 7) is 21.9. The molecule has 3 fully saturated rings. The molecule has 3 aliphatic carbocycles. The van der Waals surface area contributed by atoms with E-state index < -0.39 is 142 Å². The maximum atomic E-state index is 15.1. The summed E-state index contributed by atoms with van der Waals surface area (Å²) in [6, 6.07) is 18.3. The number of amides is 12. The number of primary amides is 1. The molecule has 6 aliphatic rings. The van der Waals surface area contributed by atoms with Crippen molar-refractivity contribution in [1.82, 2.24) is 108 Å². The lowest BCUT2D eigenvalue weighted by Crippen LogP contribution is -2.60. The third-order valence-electron chi connectivity index (χ3n) is 27.1. The van der Waals surface area contributed by atoms with Crippen LogP contribution in [0.25, 0.3) is 0 Å². The Labute approximate surface area is 778 Å². The number of likely N-dealkylation sites (N-methyl/N-ethyl adjacent to an activating group) is 3. The highest BCUT2D eigenvalue weighted by molar-refractivity contribution is 6.05. The van der Waals surface area contributed by atoms with E-state index in [4.69, 9.17) is 5.73 Å². The van der Waals surface area contributed by atoms with E-state index >= 15 is 14.4 Å². The number of nitrogens with one attached hydrogen (secondary N) is 12. The number of carbonyl (C=O) groups is 12. The van der Waals surface area contributed by atoms with E-state index in [9.17, 15) is 43.2 Å². The summed E-state index contributed by atoms with van der Waals surface area (Å²) < 4.78 is 3.24. The first-order valence-corrected chi connectivity index (χ1v) is 46.8. The fraction of sp³-hybridized carbons (Fsp3) is 0.567. The normalized spacial score (nSPS) is 22.2. The molecule has 12 amide bonds. The fourth-order valence-corrected chi connectivity index (χ4v) is 19.2. The first kappa shape index (κ1) is 99.8. The molecule has 4 aromatic carbocycles. The van der Waals surface area contributed by atoms with E-state index in [1.54, 1.807) is 79.7 Å². The number of nitrogens with two attached hydrogens (primary N) is 1. The number of aryl methyl sites for hydroxylation is 3. The molecule has 12 rings (SSSR count). The summed E-state index contributed by atoms with van der Waals surface area (Å²) in [5, 5.41) is 63.1. The Hall–Kier alpha value is -12.2. The quantitative estimate of drug-likeness (QED) is 0.0232. The SMILES string of the molecule is CN=N/C(=C\N[C@@H]1CN(C(=O)[C@@H](NC(=O)[C@H](C)NC)C(C)(C)C)[C@H](C(N)=O)C1C1CCc2ccccc2C1)CCNC(=O)c1cc(C(=O)NCCc2cn([C@H]3C[C@@H](C(=O)N[C@@H]4CCCc5ccccc54)N(C(=O)[C@@H](NC(=O)[C@H](C)NC)C(C)(C)C)C3)nn2)cc(C(=O)NCCc2cn([C@H]3C[C@@H](C(=O)N[C@@H]4CCCc5ccccc54)N(C(=O)[C@@H](NC(=O)[C@H](C)NC)C(C)(C)C)C3)nn2)c1. The Kier molecular flexibility index (Phi) is 32.8. The van der Waals surface area contributed by atoms with Gasteiger partial charge in [-0.1, -0.05) is 146 Å². The summed E-state index contributed by atoms with van der Waals surface area (Å²) in [6.07, 6.45) is 12.8. The highest BCUT2D eigenvalue weighted by atomic mass is 16.2. The molecule has 0 radical (unpaired) electrons. The average Bonchev–Trinajstić information content (AvgIpc) is 1.60. The van der Waals surface area contributed by atoms with Gasteiger partial charge < -0.3 is 84.2 Å². The number of aromatic nitrogens is 6. The maximum absolute atomic E-state index is 15.1. The minimum absolute atomic E-state index is 0.00332. The van der Waals surface area contributed by atoms with Crippen LogP contribution >= 0.6 is 0 Å². The largest absolute Gasteiger partial charge is 0.384 e. The highest BCUT2D eigenvalue weighted by Gasteiger charge is 2.54. The number of hydrogen-bond donors (Lipinski definition) is 13. The van der Waals surface area contributed by atoms with Crippen LogP contribution < -0.4 is 69.5 Å². The zero-order valence-corrected chi connectivity index (χ0v) is 79.7. The molecule has 716 valence electrons. The molecule has 3 aliphatic heterocycles. The number of hydrogen-bond acceptors (Lipinski definition) is 22. The number of fused-ring (bicyclic) bond motifs is 3. The molecule has 6 aromatic rings. The van der Waals surface area contributed by atoms with E-state index in [0.717, 1.165) is 59.9 Å². The third-order valence-corrected chi connectivity index (χ3v) is 27.1. The van der Waals surface area contributed by atoms with Gasteiger partial charge in [0, 0.05) is 126 Å². The van der Waals surface area contributed by atoms with E-state index in [2.05, 4.69) is 119 Å². The predicted octanol–water partition coefficient (Wildman–Crippen LogP) is 5.02. The topological polar surface area (TPSA) is 471 Å². The maximum Gasteiger partial charge on any atom is 0.251 e. The van der Waals surface area contributed by atoms with Gasteiger partial charge in [-0.15, -0.1) is 10.2 Å². The Balaban J connectivity index is 0.773. The molecule has 0 spiro atoms. The summed E-state index contributed by atoms with van der Waals surface area (Å²) in [4.78, 5) is 178. The second-order valence-corrected chi connectivity index (χ2v) is 39.6. The Morgan fingerprint density at radius 3 is 1.31 bits per heavy atom. The first-order chi connectivity index (χ1) is 63.3. The Morgan fingerprint density at radius 2 is 0.902 bits per heavy atom. The lowest BCUT2D eigenvalue weighted by molar-refractivity contribution is -0.144. The van der Waals surface area contributed by atoms with Gasteiger partial charge in [-0.3, -0.25) is 57.5 Å². The van der Waals surface area contributed by atoms with Crippen LogP contribution in [-0.4, -0.2) is 243 Å². The predicted molar refractivity (Wildman–Crippen MR) is 500 cm³/mol. The van der Waals surface area contributed by atoms with Crippen LogP contribution in [-0.2, 0) is 81.7 Å². The summed E-state index contributed by atoms with van der Waals surface area (Å²) in [7, 11) is 6.45. The zero-order valence-electron chi connectivity index (χ0n) is 79.7. The van der Waals surface area contributed by atoms with Gasteiger partial charge in [0.15, 0.2) is 0 Å². The standard InChI is InChI=1S/C97H136N24O12/c1-55(99-13)84(123)109-80(95(4,5)6)92(131)117-52-69(47-76(117)90(129)107-73-33-23-29-59-26-19-21-31-71(59)73)120-50-67(113-115-120)38-41-104-88(127)64-44-63(87(126)103-40-37-66(112-102-16)49-106-75-54-119(94(133)82(97(10,11)12)111-86(125)57(3)101-15)79(83(98)122)78(75)62-36-35-58-25-17-18-28-61(58)43-62)45-65(46-64)89(128)105-42-39-68-51-121(116-114-68)70-48-77(91(130)108-74-34-24-30-60-27-20-22-32-72(60)74)118(53-70)93(132)81(96(7,8)9)110-85(124)56(2)100-14/h17-22,25-28,31-32,44-46,49-51,55-57,62,69-70,73-82,99-101,106H,23-24,29-30,33-43,47-48,52-54H2,1-16H3,(H2,98,122)(H,103,126)(H,104,127)(H,105,128)(H,107,129)(H,108,130)(H,109,123)(H,110,124)(H,111,125)/b66-49-,112-102?/t55-,56-,57-,62?,69-,70-,73+,74+,75+,76-,77-,78?,79-,80+,81+,82+/m0/s1. The summed E-state index contributed by atoms with van der Waals surface area (Å²) in [5.74, 6) is -6.37. The fourth-order valence-electron chi connectivity index (χ4n) is 19.2. The van der Waals surface area contributed by atoms with Crippen LogP contribution in [0.15, 0.2) is 126 Å². The van der Waals surface area contributed by atoms with Crippen LogP contribution in [0.5, 0.6) is 0 Å². The lowest BCUT2D eigenvalue weighted by Gasteiger charge is -2.38. The molecule has 2 aromatic heterocycles. The number of likely N-dealkylation sites (tertiary alicyclic amines) is 3. The number of nitrogens with zero attached hydrogens (tertiary/aromatic N) is 11. The van der Waals surface area contributed by atoms with Crippen LogP contribution in [0.2, 0.25) is 0 Å². The second kappa shape index (κ2) is 43.7. The van der Waals surface area contributed by atoms with Gasteiger partial charge in [0.1, 0.15) is 36.3 Å². The van der Waals surface area contributed by atoms with Crippen LogP contribution in [0.3, 0.4) is 0 Å². The van der Waals surface area contributed by atoms with Crippen LogP contribution in [0, 0.1) is 28.1 Å². The average molecular weight is 1830 g/mol. The van der Waals surface area contributed by atoms with Gasteiger partial charge in [-0.25, -0.2) is 9.36 Å². The van der Waals surface area contributed by atoms with Gasteiger partial charge in [0.2, 0.25) is 53.2 Å². The second-order valence-electron chi connectivity index (χ2n) is 39.6. The van der Waals surface area contributed by atoms with E-state index in [1.165, 1.54) is 35.7 Å². The molecule has 0 bridgehead atoms. The minimum Gasteiger partial charge on any atom is -0.384 e. The van der Waals surface area contributed by atoms with E-state index in [0.29, 0.717) is 42.8 Å². The zero-order chi connectivity index (χ0) is 96.1. The first-order valence-electron chi connectivity index (χ1n) is 46.8.